The molecule has 7 heteroatoms. The van der Waals surface area contributed by atoms with E-state index in [4.69, 9.17) is 26.7 Å². The molecule has 0 atom stereocenters. The number of carbonyl (C=O) groups is 1. The highest BCUT2D eigenvalue weighted by atomic mass is 35.5. The van der Waals surface area contributed by atoms with E-state index < -0.39 is 11.8 Å². The van der Waals surface area contributed by atoms with Crippen LogP contribution in [-0.4, -0.2) is 16.1 Å². The second-order valence-electron chi connectivity index (χ2n) is 3.67. The van der Waals surface area contributed by atoms with Crippen LogP contribution in [0.2, 0.25) is 5.02 Å². The van der Waals surface area contributed by atoms with Crippen molar-refractivity contribution in [3.05, 3.63) is 52.4 Å². The van der Waals surface area contributed by atoms with Gasteiger partial charge in [-0.3, -0.25) is 0 Å². The summed E-state index contributed by atoms with van der Waals surface area (Å²) in [4.78, 5) is 14.7. The molecule has 0 bridgehead atoms. The molecule has 2 aromatic rings. The number of nitrogens with zero attached hydrogens (tertiary/aromatic N) is 2. The number of carboxylic acid groups (broad SMARTS) is 1. The molecule has 2 rings (SSSR count). The normalized spacial score (nSPS) is 9.85. The van der Waals surface area contributed by atoms with Gasteiger partial charge in [0.05, 0.1) is 28.4 Å². The number of rotatable bonds is 3. The highest BCUT2D eigenvalue weighted by Crippen LogP contribution is 2.26. The van der Waals surface area contributed by atoms with E-state index in [1.807, 2.05) is 0 Å². The van der Waals surface area contributed by atoms with Crippen LogP contribution in [0, 0.1) is 17.1 Å². The van der Waals surface area contributed by atoms with E-state index in [2.05, 4.69) is 4.98 Å². The van der Waals surface area contributed by atoms with Gasteiger partial charge in [0.2, 0.25) is 5.88 Å². The Balaban J connectivity index is 2.33. The molecule has 0 fully saturated rings. The van der Waals surface area contributed by atoms with Crippen LogP contribution in [0.15, 0.2) is 30.5 Å². The van der Waals surface area contributed by atoms with Crippen molar-refractivity contribution in [2.75, 3.05) is 0 Å². The summed E-state index contributed by atoms with van der Waals surface area (Å²) in [6.07, 6.45) is 1.10. The van der Waals surface area contributed by atoms with Crippen molar-refractivity contribution >= 4 is 17.6 Å². The quantitative estimate of drug-likeness (QED) is 0.939. The van der Waals surface area contributed by atoms with Crippen molar-refractivity contribution in [2.45, 2.75) is 0 Å². The second kappa shape index (κ2) is 5.55. The molecular formula is C13H6ClFN2O3. The van der Waals surface area contributed by atoms with E-state index in [0.29, 0.717) is 0 Å². The third-order valence-corrected chi connectivity index (χ3v) is 2.64. The molecule has 20 heavy (non-hydrogen) atoms. The SMILES string of the molecule is N#Cc1ccc(Oc2cc(C(=O)O)c(Cl)cn2)c(F)c1. The number of aromatic carboxylic acids is 1. The minimum atomic E-state index is -1.25. The number of halogens is 2. The Morgan fingerprint density at radius 2 is 2.20 bits per heavy atom. The van der Waals surface area contributed by atoms with E-state index in [9.17, 15) is 9.18 Å². The highest BCUT2D eigenvalue weighted by Gasteiger charge is 2.13. The van der Waals surface area contributed by atoms with Crippen molar-refractivity contribution in [1.29, 1.82) is 5.26 Å². The van der Waals surface area contributed by atoms with Gasteiger partial charge in [0.15, 0.2) is 11.6 Å². The first-order valence-electron chi connectivity index (χ1n) is 5.27. The van der Waals surface area contributed by atoms with Crippen LogP contribution in [0.5, 0.6) is 11.6 Å². The first kappa shape index (κ1) is 13.8. The van der Waals surface area contributed by atoms with Crippen molar-refractivity contribution in [2.24, 2.45) is 0 Å². The van der Waals surface area contributed by atoms with Gasteiger partial charge in [-0.25, -0.2) is 14.2 Å². The molecule has 0 saturated carbocycles. The smallest absolute Gasteiger partial charge is 0.337 e. The molecule has 0 aliphatic carbocycles. The van der Waals surface area contributed by atoms with E-state index in [1.54, 1.807) is 6.07 Å². The number of ether oxygens (including phenoxy) is 1. The van der Waals surface area contributed by atoms with Crippen LogP contribution in [-0.2, 0) is 0 Å². The fraction of sp³-hybridized carbons (Fsp3) is 0. The molecule has 100 valence electrons. The van der Waals surface area contributed by atoms with Crippen LogP contribution in [0.3, 0.4) is 0 Å². The average Bonchev–Trinajstić information content (AvgIpc) is 2.42. The number of hydrogen-bond donors (Lipinski definition) is 1. The fourth-order valence-corrected chi connectivity index (χ4v) is 1.59. The molecule has 0 unspecified atom stereocenters. The van der Waals surface area contributed by atoms with Gasteiger partial charge in [-0.1, -0.05) is 11.6 Å². The predicted octanol–water partition coefficient (Wildman–Crippen LogP) is 3.24. The fourth-order valence-electron chi connectivity index (χ4n) is 1.41. The van der Waals surface area contributed by atoms with E-state index in [1.165, 1.54) is 12.1 Å². The van der Waals surface area contributed by atoms with Crippen LogP contribution >= 0.6 is 11.6 Å². The van der Waals surface area contributed by atoms with Gasteiger partial charge in [-0.2, -0.15) is 5.26 Å². The summed E-state index contributed by atoms with van der Waals surface area (Å²) < 4.78 is 18.8. The molecule has 5 nitrogen and oxygen atoms in total. The van der Waals surface area contributed by atoms with Gasteiger partial charge in [0.1, 0.15) is 0 Å². The average molecular weight is 293 g/mol. The number of pyridine rings is 1. The Morgan fingerprint density at radius 1 is 1.45 bits per heavy atom. The van der Waals surface area contributed by atoms with Crippen molar-refractivity contribution < 1.29 is 19.0 Å². The Bertz CT molecular complexity index is 728. The summed E-state index contributed by atoms with van der Waals surface area (Å²) in [7, 11) is 0. The van der Waals surface area contributed by atoms with E-state index in [0.717, 1.165) is 18.3 Å². The van der Waals surface area contributed by atoms with Gasteiger partial charge in [-0.15, -0.1) is 0 Å². The standard InChI is InChI=1S/C13H6ClFN2O3/c14-9-6-17-12(4-8(9)13(18)19)20-11-2-1-7(5-16)3-10(11)15/h1-4,6H,(H,18,19). The first-order chi connectivity index (χ1) is 9.51. The summed E-state index contributed by atoms with van der Waals surface area (Å²) in [5, 5.41) is 17.5. The molecular weight excluding hydrogens is 287 g/mol. The molecule has 0 radical (unpaired) electrons. The zero-order chi connectivity index (χ0) is 14.7. The number of hydrogen-bond acceptors (Lipinski definition) is 4. The largest absolute Gasteiger partial charge is 0.478 e. The lowest BCUT2D eigenvalue weighted by Gasteiger charge is -2.07. The van der Waals surface area contributed by atoms with Gasteiger partial charge >= 0.3 is 5.97 Å². The molecule has 1 heterocycles. The number of nitriles is 1. The molecule has 0 spiro atoms. The molecule has 1 aromatic carbocycles. The maximum atomic E-state index is 13.6. The Hall–Kier alpha value is -2.65. The molecule has 0 saturated heterocycles. The molecule has 1 aromatic heterocycles. The molecule has 0 aliphatic heterocycles. The first-order valence-corrected chi connectivity index (χ1v) is 5.65. The van der Waals surface area contributed by atoms with Crippen LogP contribution in [0.4, 0.5) is 4.39 Å². The summed E-state index contributed by atoms with van der Waals surface area (Å²) in [6, 6.07) is 6.50. The highest BCUT2D eigenvalue weighted by molar-refractivity contribution is 6.33. The minimum Gasteiger partial charge on any atom is -0.478 e. The van der Waals surface area contributed by atoms with Crippen molar-refractivity contribution in [3.63, 3.8) is 0 Å². The van der Waals surface area contributed by atoms with Crippen LogP contribution < -0.4 is 4.74 Å². The zero-order valence-corrected chi connectivity index (χ0v) is 10.6. The third-order valence-electron chi connectivity index (χ3n) is 2.34. The van der Waals surface area contributed by atoms with Gasteiger partial charge in [0.25, 0.3) is 0 Å². The lowest BCUT2D eigenvalue weighted by molar-refractivity contribution is 0.0696. The second-order valence-corrected chi connectivity index (χ2v) is 4.07. The van der Waals surface area contributed by atoms with Gasteiger partial charge < -0.3 is 9.84 Å². The lowest BCUT2D eigenvalue weighted by Crippen LogP contribution is -2.00. The Labute approximate surface area is 117 Å². The van der Waals surface area contributed by atoms with Crippen LogP contribution in [0.25, 0.3) is 0 Å². The number of aromatic nitrogens is 1. The maximum Gasteiger partial charge on any atom is 0.337 e. The minimum absolute atomic E-state index is 0.0508. The summed E-state index contributed by atoms with van der Waals surface area (Å²) in [5.74, 6) is -2.29. The maximum absolute atomic E-state index is 13.6. The van der Waals surface area contributed by atoms with Crippen molar-refractivity contribution in [1.82, 2.24) is 4.98 Å². The monoisotopic (exact) mass is 292 g/mol. The number of benzene rings is 1. The third kappa shape index (κ3) is 2.84. The van der Waals surface area contributed by atoms with Crippen molar-refractivity contribution in [3.8, 4) is 17.7 Å². The van der Waals surface area contributed by atoms with E-state index >= 15 is 0 Å². The zero-order valence-electron chi connectivity index (χ0n) is 9.80. The lowest BCUT2D eigenvalue weighted by atomic mass is 10.2. The Morgan fingerprint density at radius 3 is 2.80 bits per heavy atom. The topological polar surface area (TPSA) is 83.2 Å². The molecule has 0 aliphatic rings. The Kier molecular flexibility index (Phi) is 3.82. The van der Waals surface area contributed by atoms with Gasteiger partial charge in [0, 0.05) is 6.07 Å². The van der Waals surface area contributed by atoms with Gasteiger partial charge in [-0.05, 0) is 18.2 Å². The molecule has 0 amide bonds. The van der Waals surface area contributed by atoms with E-state index in [-0.39, 0.29) is 27.8 Å². The molecule has 1 N–H and O–H groups in total. The number of carboxylic acids is 1. The predicted molar refractivity (Wildman–Crippen MR) is 67.4 cm³/mol. The van der Waals surface area contributed by atoms with Crippen LogP contribution in [0.1, 0.15) is 15.9 Å². The summed E-state index contributed by atoms with van der Waals surface area (Å²) >= 11 is 5.66. The summed E-state index contributed by atoms with van der Waals surface area (Å²) in [6.45, 7) is 0. The summed E-state index contributed by atoms with van der Waals surface area (Å²) in [5.41, 5.74) is -0.0594.